The van der Waals surface area contributed by atoms with Gasteiger partial charge in [-0.3, -0.25) is 14.6 Å². The summed E-state index contributed by atoms with van der Waals surface area (Å²) >= 11 is 0. The van der Waals surface area contributed by atoms with Gasteiger partial charge in [0, 0.05) is 50.4 Å². The lowest BCUT2D eigenvalue weighted by Crippen LogP contribution is -2.21. The van der Waals surface area contributed by atoms with Crippen LogP contribution in [0.5, 0.6) is 0 Å². The first-order valence-corrected chi connectivity index (χ1v) is 11.3. The molecule has 4 N–H and O–H groups in total. The minimum atomic E-state index is -0.577. The van der Waals surface area contributed by atoms with Crippen molar-refractivity contribution in [2.45, 2.75) is 13.5 Å². The molecule has 0 bridgehead atoms. The van der Waals surface area contributed by atoms with E-state index in [0.717, 1.165) is 22.4 Å². The van der Waals surface area contributed by atoms with Crippen LogP contribution >= 0.6 is 0 Å². The van der Waals surface area contributed by atoms with Gasteiger partial charge in [0.1, 0.15) is 5.82 Å². The number of aromatic nitrogens is 1. The number of benzene rings is 2. The molecule has 0 fully saturated rings. The number of pyridine rings is 1. The number of carbonyl (C=O) groups is 2. The quantitative estimate of drug-likeness (QED) is 0.282. The molecule has 0 aliphatic rings. The lowest BCUT2D eigenvalue weighted by Gasteiger charge is -2.14. The zero-order chi connectivity index (χ0) is 26.1. The molecule has 3 aromatic rings. The number of amides is 2. The molecule has 0 spiro atoms. The highest BCUT2D eigenvalue weighted by atomic mass is 16.2. The van der Waals surface area contributed by atoms with Crippen molar-refractivity contribution in [1.29, 1.82) is 0 Å². The standard InChI is InChI=1S/C28H30N6O2/c1-5-7-22(17-30-2)21-9-6-8-19(14-21)16-31-25-15-26(32-18-24(25)27(29)35)33-23-12-10-20(11-13-23)28(36)34(3)4/h5-15,17-18H,2,16H2,1,3-4H3,(H2,29,35)(H2,31,32,33). The highest BCUT2D eigenvalue weighted by molar-refractivity contribution is 5.98. The van der Waals surface area contributed by atoms with E-state index in [2.05, 4.69) is 27.3 Å². The summed E-state index contributed by atoms with van der Waals surface area (Å²) in [5.41, 5.74) is 10.7. The van der Waals surface area contributed by atoms with Crippen molar-refractivity contribution in [2.75, 3.05) is 24.7 Å². The maximum atomic E-state index is 12.1. The summed E-state index contributed by atoms with van der Waals surface area (Å²) in [4.78, 5) is 33.8. The third-order valence-corrected chi connectivity index (χ3v) is 5.30. The van der Waals surface area contributed by atoms with Gasteiger partial charge in [0.25, 0.3) is 11.8 Å². The van der Waals surface area contributed by atoms with Crippen molar-refractivity contribution >= 4 is 41.3 Å². The summed E-state index contributed by atoms with van der Waals surface area (Å²) in [5, 5.41) is 6.50. The molecular weight excluding hydrogens is 452 g/mol. The summed E-state index contributed by atoms with van der Waals surface area (Å²) in [6.07, 6.45) is 7.06. The van der Waals surface area contributed by atoms with E-state index in [4.69, 9.17) is 5.73 Å². The van der Waals surface area contributed by atoms with Gasteiger partial charge in [-0.1, -0.05) is 30.4 Å². The molecule has 8 heteroatoms. The average Bonchev–Trinajstić information content (AvgIpc) is 2.87. The first-order valence-electron chi connectivity index (χ1n) is 11.3. The molecular formula is C28H30N6O2. The first kappa shape index (κ1) is 25.9. The van der Waals surface area contributed by atoms with Crippen LogP contribution in [-0.4, -0.2) is 42.5 Å². The molecule has 184 valence electrons. The van der Waals surface area contributed by atoms with E-state index >= 15 is 0 Å². The predicted molar refractivity (Wildman–Crippen MR) is 147 cm³/mol. The first-order chi connectivity index (χ1) is 17.3. The lowest BCUT2D eigenvalue weighted by molar-refractivity contribution is 0.0827. The second-order valence-corrected chi connectivity index (χ2v) is 8.20. The molecule has 0 atom stereocenters. The Morgan fingerprint density at radius 2 is 1.86 bits per heavy atom. The number of anilines is 3. The van der Waals surface area contributed by atoms with Crippen molar-refractivity contribution < 1.29 is 9.59 Å². The van der Waals surface area contributed by atoms with Crippen molar-refractivity contribution in [3.05, 3.63) is 101 Å². The zero-order valence-electron chi connectivity index (χ0n) is 20.7. The van der Waals surface area contributed by atoms with E-state index in [9.17, 15) is 9.59 Å². The van der Waals surface area contributed by atoms with Crippen LogP contribution in [0.25, 0.3) is 5.57 Å². The number of aliphatic imine (C=N–C) groups is 1. The van der Waals surface area contributed by atoms with Crippen molar-refractivity contribution in [1.82, 2.24) is 9.88 Å². The Hall–Kier alpha value is -4.72. The molecule has 1 heterocycles. The predicted octanol–water partition coefficient (Wildman–Crippen LogP) is 4.86. The molecule has 0 aliphatic heterocycles. The fourth-order valence-electron chi connectivity index (χ4n) is 3.52. The molecule has 0 saturated carbocycles. The van der Waals surface area contributed by atoms with Gasteiger partial charge in [0.15, 0.2) is 0 Å². The van der Waals surface area contributed by atoms with Gasteiger partial charge in [-0.05, 0) is 60.7 Å². The third kappa shape index (κ3) is 6.66. The van der Waals surface area contributed by atoms with Gasteiger partial charge < -0.3 is 21.3 Å². The zero-order valence-corrected chi connectivity index (χ0v) is 20.7. The summed E-state index contributed by atoms with van der Waals surface area (Å²) in [7, 11) is 3.42. The Morgan fingerprint density at radius 3 is 2.50 bits per heavy atom. The van der Waals surface area contributed by atoms with Crippen LogP contribution in [0.15, 0.2) is 84.1 Å². The van der Waals surface area contributed by atoms with Gasteiger partial charge in [-0.25, -0.2) is 4.98 Å². The summed E-state index contributed by atoms with van der Waals surface area (Å²) < 4.78 is 0. The Labute approximate surface area is 211 Å². The number of hydrogen-bond acceptors (Lipinski definition) is 6. The average molecular weight is 483 g/mol. The highest BCUT2D eigenvalue weighted by Gasteiger charge is 2.12. The van der Waals surface area contributed by atoms with Gasteiger partial charge in [-0.2, -0.15) is 0 Å². The Morgan fingerprint density at radius 1 is 1.11 bits per heavy atom. The lowest BCUT2D eigenvalue weighted by atomic mass is 10.0. The molecule has 8 nitrogen and oxygen atoms in total. The minimum Gasteiger partial charge on any atom is -0.380 e. The fraction of sp³-hybridized carbons (Fsp3) is 0.143. The number of primary amides is 1. The third-order valence-electron chi connectivity index (χ3n) is 5.30. The molecule has 3 rings (SSSR count). The second-order valence-electron chi connectivity index (χ2n) is 8.20. The highest BCUT2D eigenvalue weighted by Crippen LogP contribution is 2.24. The maximum Gasteiger partial charge on any atom is 0.253 e. The van der Waals surface area contributed by atoms with Gasteiger partial charge in [0.05, 0.1) is 11.3 Å². The van der Waals surface area contributed by atoms with Crippen LogP contribution in [0.4, 0.5) is 17.2 Å². The Bertz CT molecular complexity index is 1310. The minimum absolute atomic E-state index is 0.0740. The Kier molecular flexibility index (Phi) is 8.72. The number of nitrogens with one attached hydrogen (secondary N) is 2. The molecule has 2 amide bonds. The van der Waals surface area contributed by atoms with E-state index in [1.807, 2.05) is 43.3 Å². The van der Waals surface area contributed by atoms with Crippen molar-refractivity contribution in [2.24, 2.45) is 10.7 Å². The van der Waals surface area contributed by atoms with Crippen LogP contribution in [-0.2, 0) is 6.54 Å². The smallest absolute Gasteiger partial charge is 0.253 e. The van der Waals surface area contributed by atoms with Crippen LogP contribution in [0.3, 0.4) is 0 Å². The van der Waals surface area contributed by atoms with E-state index in [1.165, 1.54) is 11.1 Å². The fourth-order valence-corrected chi connectivity index (χ4v) is 3.52. The number of nitrogens with two attached hydrogens (primary N) is 1. The van der Waals surface area contributed by atoms with Crippen LogP contribution in [0, 0.1) is 0 Å². The molecule has 0 saturated heterocycles. The number of hydrogen-bond donors (Lipinski definition) is 3. The van der Waals surface area contributed by atoms with Crippen molar-refractivity contribution in [3.63, 3.8) is 0 Å². The number of rotatable bonds is 10. The van der Waals surface area contributed by atoms with Crippen LogP contribution in [0.1, 0.15) is 38.8 Å². The second kappa shape index (κ2) is 12.1. The Balaban J connectivity index is 1.80. The summed E-state index contributed by atoms with van der Waals surface area (Å²) in [5.74, 6) is -0.124. The van der Waals surface area contributed by atoms with Crippen LogP contribution in [0.2, 0.25) is 0 Å². The van der Waals surface area contributed by atoms with E-state index in [-0.39, 0.29) is 11.5 Å². The van der Waals surface area contributed by atoms with Crippen molar-refractivity contribution in [3.8, 4) is 0 Å². The number of nitrogens with zero attached hydrogens (tertiary/aromatic N) is 3. The number of allylic oxidation sites excluding steroid dienone is 3. The molecule has 1 aromatic heterocycles. The number of carbonyl (C=O) groups excluding carboxylic acids is 2. The molecule has 0 aliphatic carbocycles. The SMILES string of the molecule is C=NC=C(C=CC)c1cccc(CNc2cc(Nc3ccc(C(=O)N(C)C)cc3)ncc2C(N)=O)c1. The summed E-state index contributed by atoms with van der Waals surface area (Å²) in [6, 6.07) is 16.8. The topological polar surface area (TPSA) is 113 Å². The van der Waals surface area contributed by atoms with E-state index < -0.39 is 5.91 Å². The summed E-state index contributed by atoms with van der Waals surface area (Å²) in [6.45, 7) is 5.95. The molecule has 0 unspecified atom stereocenters. The molecule has 0 radical (unpaired) electrons. The molecule has 36 heavy (non-hydrogen) atoms. The van der Waals surface area contributed by atoms with Gasteiger partial charge in [0.2, 0.25) is 0 Å². The monoisotopic (exact) mass is 482 g/mol. The van der Waals surface area contributed by atoms with E-state index in [1.54, 1.807) is 50.6 Å². The molecule has 2 aromatic carbocycles. The van der Waals surface area contributed by atoms with Gasteiger partial charge >= 0.3 is 0 Å². The normalized spacial score (nSPS) is 11.2. The van der Waals surface area contributed by atoms with E-state index in [0.29, 0.717) is 23.6 Å². The largest absolute Gasteiger partial charge is 0.380 e. The van der Waals surface area contributed by atoms with Gasteiger partial charge in [-0.15, -0.1) is 0 Å². The van der Waals surface area contributed by atoms with Crippen LogP contribution < -0.4 is 16.4 Å². The maximum absolute atomic E-state index is 12.1.